The zero-order chi connectivity index (χ0) is 29.1. The predicted molar refractivity (Wildman–Crippen MR) is 164 cm³/mol. The molecule has 1 saturated heterocycles. The van der Waals surface area contributed by atoms with Crippen LogP contribution >= 0.6 is 9.24 Å². The van der Waals surface area contributed by atoms with Crippen molar-refractivity contribution in [2.45, 2.75) is 71.3 Å². The number of fused-ring (bicyclic) bond motifs is 1. The van der Waals surface area contributed by atoms with Crippen LogP contribution in [0.1, 0.15) is 76.3 Å². The van der Waals surface area contributed by atoms with Crippen LogP contribution in [0.4, 0.5) is 4.39 Å². The first kappa shape index (κ1) is 29.2. The van der Waals surface area contributed by atoms with Gasteiger partial charge in [0.05, 0.1) is 18.7 Å². The van der Waals surface area contributed by atoms with Crippen LogP contribution in [0.3, 0.4) is 0 Å². The van der Waals surface area contributed by atoms with Gasteiger partial charge in [-0.2, -0.15) is 0 Å². The van der Waals surface area contributed by atoms with Crippen molar-refractivity contribution in [1.82, 2.24) is 9.80 Å². The largest absolute Gasteiger partial charge is 0.469 e. The Morgan fingerprint density at radius 2 is 2.10 bits per heavy atom. The summed E-state index contributed by atoms with van der Waals surface area (Å²) < 4.78 is 20.5. The second-order valence-corrected chi connectivity index (χ2v) is 11.8. The van der Waals surface area contributed by atoms with Crippen molar-refractivity contribution in [3.8, 4) is 0 Å². The summed E-state index contributed by atoms with van der Waals surface area (Å²) >= 11 is 0. The van der Waals surface area contributed by atoms with Crippen molar-refractivity contribution in [2.75, 3.05) is 19.8 Å². The van der Waals surface area contributed by atoms with Crippen LogP contribution in [-0.2, 0) is 14.3 Å². The van der Waals surface area contributed by atoms with E-state index in [2.05, 4.69) is 21.9 Å². The summed E-state index contributed by atoms with van der Waals surface area (Å²) in [6.45, 7) is 4.90. The Labute approximate surface area is 244 Å². The van der Waals surface area contributed by atoms with Crippen LogP contribution in [0.2, 0.25) is 0 Å². The van der Waals surface area contributed by atoms with E-state index in [9.17, 15) is 9.59 Å². The van der Waals surface area contributed by atoms with Gasteiger partial charge in [0, 0.05) is 29.4 Å². The Morgan fingerprint density at radius 1 is 1.27 bits per heavy atom. The topological polar surface area (TPSA) is 62.2 Å². The molecule has 1 amide bonds. The SMILES string of the molecule is CCC1=CC(C(=O)N2CCCCC[C@H]2C)=NC2=CC(c3ccc(/C=C4\CCC(CP)(C(=O)OC)C4)cc3F)=C=CN12. The monoisotopic (exact) mass is 575 g/mol. The quantitative estimate of drug-likeness (QED) is 0.217. The Kier molecular flexibility index (Phi) is 8.77. The second-order valence-electron chi connectivity index (χ2n) is 11.4. The zero-order valence-electron chi connectivity index (χ0n) is 24.2. The van der Waals surface area contributed by atoms with E-state index in [-0.39, 0.29) is 23.7 Å². The second kappa shape index (κ2) is 12.3. The van der Waals surface area contributed by atoms with Crippen molar-refractivity contribution in [3.05, 3.63) is 76.3 Å². The van der Waals surface area contributed by atoms with Crippen molar-refractivity contribution < 1.29 is 18.7 Å². The predicted octanol–water partition coefficient (Wildman–Crippen LogP) is 6.62. The number of hydrogen-bond acceptors (Lipinski definition) is 5. The van der Waals surface area contributed by atoms with Crippen molar-refractivity contribution in [1.29, 1.82) is 0 Å². The number of likely N-dealkylation sites (tertiary alicyclic amines) is 1. The standard InChI is InChI=1S/C33H39FN3O3P/c1-4-26-19-29(31(38)36-14-7-5-6-8-22(36)2)35-30-18-25(12-15-37(26)30)27-10-9-23(17-28(27)34)16-24-11-13-33(20-24,21-41)32(39)40-3/h9-10,15-19,22H,4-8,11,13-14,20-21,41H2,1-3H3/b24-16+/t22-,33?/m1/s1. The fraction of sp³-hybridized carbons (Fsp3) is 0.455. The molecule has 41 heavy (non-hydrogen) atoms. The average molecular weight is 576 g/mol. The first-order valence-corrected chi connectivity index (χ1v) is 15.5. The minimum atomic E-state index is -0.517. The molecule has 1 aliphatic carbocycles. The van der Waals surface area contributed by atoms with Crippen molar-refractivity contribution in [3.63, 3.8) is 0 Å². The lowest BCUT2D eigenvalue weighted by molar-refractivity contribution is -0.150. The molecule has 2 unspecified atom stereocenters. The molecule has 5 rings (SSSR count). The highest BCUT2D eigenvalue weighted by Gasteiger charge is 2.42. The number of aliphatic imine (C=N–C) groups is 1. The van der Waals surface area contributed by atoms with Crippen LogP contribution in [0.5, 0.6) is 0 Å². The first-order valence-electron chi connectivity index (χ1n) is 14.6. The maximum Gasteiger partial charge on any atom is 0.312 e. The zero-order valence-corrected chi connectivity index (χ0v) is 25.4. The molecular weight excluding hydrogens is 536 g/mol. The minimum absolute atomic E-state index is 0.0423. The van der Waals surface area contributed by atoms with E-state index in [4.69, 9.17) is 9.73 Å². The number of amides is 1. The maximum absolute atomic E-state index is 15.5. The molecule has 3 heterocycles. The Morgan fingerprint density at radius 3 is 2.83 bits per heavy atom. The molecule has 0 N–H and O–H groups in total. The number of carbonyl (C=O) groups excluding carboxylic acids is 2. The van der Waals surface area contributed by atoms with Gasteiger partial charge in [0.1, 0.15) is 17.3 Å². The van der Waals surface area contributed by atoms with Gasteiger partial charge in [0.15, 0.2) is 0 Å². The summed E-state index contributed by atoms with van der Waals surface area (Å²) in [6, 6.07) is 5.36. The molecule has 216 valence electrons. The molecule has 1 aromatic carbocycles. The number of hydrogen-bond donors (Lipinski definition) is 0. The summed E-state index contributed by atoms with van der Waals surface area (Å²) in [4.78, 5) is 34.5. The Hall–Kier alpha value is -3.27. The summed E-state index contributed by atoms with van der Waals surface area (Å²) in [5.41, 5.74) is 6.97. The highest BCUT2D eigenvalue weighted by molar-refractivity contribution is 7.16. The first-order chi connectivity index (χ1) is 19.8. The molecule has 3 atom stereocenters. The Bertz CT molecular complexity index is 1430. The van der Waals surface area contributed by atoms with E-state index in [1.54, 1.807) is 18.3 Å². The smallest absolute Gasteiger partial charge is 0.312 e. The van der Waals surface area contributed by atoms with E-state index in [1.165, 1.54) is 13.2 Å². The van der Waals surface area contributed by atoms with Gasteiger partial charge in [-0.3, -0.25) is 14.5 Å². The molecule has 0 spiro atoms. The number of rotatable bonds is 6. The number of halogens is 1. The van der Waals surface area contributed by atoms with E-state index in [1.807, 2.05) is 34.9 Å². The number of methoxy groups -OCH3 is 1. The fourth-order valence-corrected chi connectivity index (χ4v) is 6.77. The molecule has 0 bridgehead atoms. The normalized spacial score (nSPS) is 25.2. The summed E-state index contributed by atoms with van der Waals surface area (Å²) in [7, 11) is 4.09. The fourth-order valence-electron chi connectivity index (χ4n) is 6.26. The minimum Gasteiger partial charge on any atom is -0.469 e. The third-order valence-electron chi connectivity index (χ3n) is 8.77. The van der Waals surface area contributed by atoms with Gasteiger partial charge >= 0.3 is 5.97 Å². The van der Waals surface area contributed by atoms with E-state index in [0.717, 1.165) is 68.3 Å². The molecule has 0 aromatic heterocycles. The molecule has 4 aliphatic rings. The van der Waals surface area contributed by atoms with Crippen LogP contribution in [0, 0.1) is 11.2 Å². The molecule has 0 radical (unpaired) electrons. The summed E-state index contributed by atoms with van der Waals surface area (Å²) in [5, 5.41) is 0. The molecule has 6 nitrogen and oxygen atoms in total. The van der Waals surface area contributed by atoms with Crippen LogP contribution in [-0.4, -0.2) is 53.2 Å². The van der Waals surface area contributed by atoms with Gasteiger partial charge in [-0.25, -0.2) is 9.38 Å². The number of carbonyl (C=O) groups is 2. The molecule has 3 aliphatic heterocycles. The van der Waals surface area contributed by atoms with Crippen molar-refractivity contribution >= 4 is 38.5 Å². The van der Waals surface area contributed by atoms with Crippen LogP contribution < -0.4 is 0 Å². The lowest BCUT2D eigenvalue weighted by atomic mass is 9.88. The van der Waals surface area contributed by atoms with E-state index >= 15 is 4.39 Å². The number of allylic oxidation sites excluding steroid dienone is 4. The van der Waals surface area contributed by atoms with Gasteiger partial charge in [0.2, 0.25) is 0 Å². The molecule has 2 fully saturated rings. The molecular formula is C33H39FN3O3P. The lowest BCUT2D eigenvalue weighted by Crippen LogP contribution is -2.43. The van der Waals surface area contributed by atoms with Gasteiger partial charge in [-0.15, -0.1) is 9.24 Å². The summed E-state index contributed by atoms with van der Waals surface area (Å²) in [5.74, 6) is 0.00810. The van der Waals surface area contributed by atoms with Gasteiger partial charge in [-0.05, 0) is 75.4 Å². The van der Waals surface area contributed by atoms with Gasteiger partial charge in [0.25, 0.3) is 5.91 Å². The number of nitrogens with zero attached hydrogens (tertiary/aromatic N) is 3. The van der Waals surface area contributed by atoms with Crippen LogP contribution in [0.15, 0.2) is 64.4 Å². The number of ether oxygens (including phenoxy) is 1. The lowest BCUT2D eigenvalue weighted by Gasteiger charge is -2.31. The van der Waals surface area contributed by atoms with E-state index in [0.29, 0.717) is 35.3 Å². The molecule has 1 saturated carbocycles. The number of esters is 1. The highest BCUT2D eigenvalue weighted by Crippen LogP contribution is 2.44. The third-order valence-corrected chi connectivity index (χ3v) is 9.55. The van der Waals surface area contributed by atoms with Gasteiger partial charge in [-0.1, -0.05) is 49.3 Å². The third kappa shape index (κ3) is 5.89. The Balaban J connectivity index is 1.40. The average Bonchev–Trinajstić information content (AvgIpc) is 3.28. The van der Waals surface area contributed by atoms with Gasteiger partial charge < -0.3 is 9.64 Å². The highest BCUT2D eigenvalue weighted by atomic mass is 31.0. The summed E-state index contributed by atoms with van der Waals surface area (Å²) in [6.07, 6.45) is 15.2. The van der Waals surface area contributed by atoms with E-state index < -0.39 is 5.41 Å². The number of benzene rings is 1. The van der Waals surface area contributed by atoms with Crippen LogP contribution in [0.25, 0.3) is 11.6 Å². The molecule has 8 heteroatoms. The maximum atomic E-state index is 15.5. The molecule has 1 aromatic rings. The van der Waals surface area contributed by atoms with Crippen molar-refractivity contribution in [2.24, 2.45) is 10.4 Å².